The molecule has 0 radical (unpaired) electrons. The number of H-pyrrole nitrogens is 1. The molecule has 4 N–H and O–H groups in total. The number of hydrogen-bond donors (Lipinski definition) is 4. The van der Waals surface area contributed by atoms with Gasteiger partial charge in [0.25, 0.3) is 0 Å². The van der Waals surface area contributed by atoms with Gasteiger partial charge in [0, 0.05) is 29.1 Å². The van der Waals surface area contributed by atoms with Gasteiger partial charge in [0.1, 0.15) is 11.6 Å². The molecule has 2 atom stereocenters. The topological polar surface area (TPSA) is 94.1 Å². The molecule has 0 aliphatic heterocycles. The summed E-state index contributed by atoms with van der Waals surface area (Å²) in [6, 6.07) is 20.2. The van der Waals surface area contributed by atoms with E-state index in [0.717, 1.165) is 22.4 Å². The van der Waals surface area contributed by atoms with Gasteiger partial charge in [0.15, 0.2) is 5.16 Å². The van der Waals surface area contributed by atoms with Gasteiger partial charge in [-0.2, -0.15) is 0 Å². The van der Waals surface area contributed by atoms with E-state index in [9.17, 15) is 9.50 Å². The molecule has 0 saturated carbocycles. The summed E-state index contributed by atoms with van der Waals surface area (Å²) in [6.07, 6.45) is 0.884. The smallest absolute Gasteiger partial charge is 0.166 e. The molecule has 2 aromatic heterocycles. The van der Waals surface area contributed by atoms with Crippen LogP contribution in [0, 0.1) is 5.82 Å². The first-order valence-corrected chi connectivity index (χ1v) is 11.6. The summed E-state index contributed by atoms with van der Waals surface area (Å²) in [7, 11) is 0. The summed E-state index contributed by atoms with van der Waals surface area (Å²) in [5.41, 5.74) is 4.22. The van der Waals surface area contributed by atoms with Crippen LogP contribution in [-0.4, -0.2) is 43.6 Å². The van der Waals surface area contributed by atoms with E-state index < -0.39 is 6.10 Å². The van der Waals surface area contributed by atoms with Crippen LogP contribution in [0.25, 0.3) is 22.5 Å². The number of thioether (sulfide) groups is 1. The third kappa shape index (κ3) is 5.78. The summed E-state index contributed by atoms with van der Waals surface area (Å²) >= 11 is 1.31. The Morgan fingerprint density at radius 1 is 1.06 bits per heavy atom. The first-order chi connectivity index (χ1) is 16.0. The van der Waals surface area contributed by atoms with Crippen LogP contribution >= 0.6 is 11.8 Å². The molecule has 0 fully saturated rings. The Morgan fingerprint density at radius 2 is 1.82 bits per heavy atom. The molecule has 170 valence electrons. The fourth-order valence-electron chi connectivity index (χ4n) is 3.39. The monoisotopic (exact) mass is 464 g/mol. The minimum Gasteiger partial charge on any atom is -0.394 e. The summed E-state index contributed by atoms with van der Waals surface area (Å²) in [5, 5.41) is 22.8. The number of imidazole rings is 1. The van der Waals surface area contributed by atoms with Crippen molar-refractivity contribution in [3.63, 3.8) is 0 Å². The van der Waals surface area contributed by atoms with Crippen molar-refractivity contribution < 1.29 is 14.6 Å². The Kier molecular flexibility index (Phi) is 7.39. The maximum atomic E-state index is 13.5. The molecule has 33 heavy (non-hydrogen) atoms. The third-order valence-electron chi connectivity index (χ3n) is 5.14. The van der Waals surface area contributed by atoms with Gasteiger partial charge in [0.2, 0.25) is 0 Å². The van der Waals surface area contributed by atoms with E-state index in [-0.39, 0.29) is 18.5 Å². The molecular formula is C25H25FN4O2S. The number of rotatable bonds is 9. The van der Waals surface area contributed by atoms with Crippen LogP contribution in [-0.2, 0) is 0 Å². The Labute approximate surface area is 196 Å². The number of aliphatic hydroxyl groups is 2. The lowest BCUT2D eigenvalue weighted by atomic mass is 10.1. The number of nitrogens with one attached hydrogen (secondary N) is 2. The highest BCUT2D eigenvalue weighted by Crippen LogP contribution is 2.34. The first kappa shape index (κ1) is 23.0. The second kappa shape index (κ2) is 10.6. The summed E-state index contributed by atoms with van der Waals surface area (Å²) in [5.74, 6) is 0.692. The Bertz CT molecular complexity index is 1180. The standard InChI is InChI=1S/C25H25FN4O2S/c1-16(17-5-3-2-4-6-17)28-22-13-19(11-12-27-22)24-23(18-7-9-20(26)10-8-18)29-25(30-24)33-15-21(32)14-31/h2-13,16,21,31-32H,14-15H2,1H3,(H,27,28)(H,29,30). The average Bonchev–Trinajstić information content (AvgIpc) is 3.28. The zero-order valence-electron chi connectivity index (χ0n) is 18.1. The molecule has 0 amide bonds. The highest BCUT2D eigenvalue weighted by molar-refractivity contribution is 7.99. The maximum Gasteiger partial charge on any atom is 0.166 e. The molecular weight excluding hydrogens is 439 g/mol. The number of nitrogens with zero attached hydrogens (tertiary/aromatic N) is 2. The summed E-state index contributed by atoms with van der Waals surface area (Å²) < 4.78 is 13.5. The fraction of sp³-hybridized carbons (Fsp3) is 0.200. The highest BCUT2D eigenvalue weighted by Gasteiger charge is 2.17. The van der Waals surface area contributed by atoms with E-state index in [1.807, 2.05) is 30.3 Å². The number of hydrogen-bond acceptors (Lipinski definition) is 6. The van der Waals surface area contributed by atoms with Crippen molar-refractivity contribution in [3.8, 4) is 22.5 Å². The van der Waals surface area contributed by atoms with Crippen molar-refractivity contribution in [1.82, 2.24) is 15.0 Å². The van der Waals surface area contributed by atoms with E-state index >= 15 is 0 Å². The number of aromatic nitrogens is 3. The minimum atomic E-state index is -0.839. The van der Waals surface area contributed by atoms with Gasteiger partial charge >= 0.3 is 0 Å². The number of pyridine rings is 1. The Hall–Kier alpha value is -3.20. The molecule has 0 spiro atoms. The minimum absolute atomic E-state index is 0.0655. The van der Waals surface area contributed by atoms with E-state index in [2.05, 4.69) is 34.3 Å². The van der Waals surface area contributed by atoms with Gasteiger partial charge in [-0.05, 0) is 48.9 Å². The average molecular weight is 465 g/mol. The zero-order chi connectivity index (χ0) is 23.2. The van der Waals surface area contributed by atoms with E-state index in [1.54, 1.807) is 18.3 Å². The van der Waals surface area contributed by atoms with Crippen LogP contribution in [0.4, 0.5) is 10.2 Å². The van der Waals surface area contributed by atoms with Gasteiger partial charge in [-0.1, -0.05) is 42.1 Å². The quantitative estimate of drug-likeness (QED) is 0.263. The normalized spacial score (nSPS) is 13.0. The second-order valence-corrected chi connectivity index (χ2v) is 8.64. The largest absolute Gasteiger partial charge is 0.394 e. The summed E-state index contributed by atoms with van der Waals surface area (Å²) in [6.45, 7) is 1.76. The van der Waals surface area contributed by atoms with Crippen LogP contribution in [0.2, 0.25) is 0 Å². The van der Waals surface area contributed by atoms with E-state index in [1.165, 1.54) is 23.9 Å². The van der Waals surface area contributed by atoms with Gasteiger partial charge in [0.05, 0.1) is 24.1 Å². The van der Waals surface area contributed by atoms with E-state index in [4.69, 9.17) is 10.1 Å². The highest BCUT2D eigenvalue weighted by atomic mass is 32.2. The molecule has 0 aliphatic rings. The summed E-state index contributed by atoms with van der Waals surface area (Å²) in [4.78, 5) is 12.5. The van der Waals surface area contributed by atoms with Gasteiger partial charge in [-0.15, -0.1) is 0 Å². The molecule has 4 aromatic rings. The number of halogens is 1. The van der Waals surface area contributed by atoms with Crippen LogP contribution in [0.5, 0.6) is 0 Å². The maximum absolute atomic E-state index is 13.5. The first-order valence-electron chi connectivity index (χ1n) is 10.6. The van der Waals surface area contributed by atoms with Gasteiger partial charge in [-0.25, -0.2) is 14.4 Å². The fourth-order valence-corrected chi connectivity index (χ4v) is 4.17. The molecule has 2 heterocycles. The van der Waals surface area contributed by atoms with Crippen LogP contribution < -0.4 is 5.32 Å². The van der Waals surface area contributed by atoms with Crippen LogP contribution in [0.15, 0.2) is 78.1 Å². The van der Waals surface area contributed by atoms with Crippen molar-refractivity contribution in [2.75, 3.05) is 17.7 Å². The van der Waals surface area contributed by atoms with Crippen molar-refractivity contribution in [2.45, 2.75) is 24.2 Å². The van der Waals surface area contributed by atoms with E-state index in [0.29, 0.717) is 22.4 Å². The number of aliphatic hydroxyl groups excluding tert-OH is 2. The molecule has 0 bridgehead atoms. The van der Waals surface area contributed by atoms with Crippen molar-refractivity contribution in [1.29, 1.82) is 0 Å². The Balaban J connectivity index is 1.66. The second-order valence-electron chi connectivity index (χ2n) is 7.63. The predicted octanol–water partition coefficient (Wildman–Crippen LogP) is 4.90. The lowest BCUT2D eigenvalue weighted by Crippen LogP contribution is -2.14. The van der Waals surface area contributed by atoms with Gasteiger partial charge in [-0.3, -0.25) is 0 Å². The molecule has 4 rings (SSSR count). The SMILES string of the molecule is CC(Nc1cc(-c2nc(SCC(O)CO)[nH]c2-c2ccc(F)cc2)ccn1)c1ccccc1. The Morgan fingerprint density at radius 3 is 2.55 bits per heavy atom. The lowest BCUT2D eigenvalue weighted by Gasteiger charge is -2.15. The molecule has 0 saturated heterocycles. The van der Waals surface area contributed by atoms with Crippen LogP contribution in [0.1, 0.15) is 18.5 Å². The predicted molar refractivity (Wildman–Crippen MR) is 130 cm³/mol. The lowest BCUT2D eigenvalue weighted by molar-refractivity contribution is 0.113. The molecule has 8 heteroatoms. The van der Waals surface area contributed by atoms with Crippen molar-refractivity contribution in [3.05, 3.63) is 84.3 Å². The van der Waals surface area contributed by atoms with Crippen molar-refractivity contribution >= 4 is 17.6 Å². The number of anilines is 1. The number of benzene rings is 2. The van der Waals surface area contributed by atoms with Crippen molar-refractivity contribution in [2.24, 2.45) is 0 Å². The molecule has 0 aliphatic carbocycles. The third-order valence-corrected chi connectivity index (χ3v) is 6.15. The zero-order valence-corrected chi connectivity index (χ0v) is 18.9. The molecule has 2 aromatic carbocycles. The van der Waals surface area contributed by atoms with Gasteiger partial charge < -0.3 is 20.5 Å². The number of aromatic amines is 1. The molecule has 2 unspecified atom stereocenters. The molecule has 6 nitrogen and oxygen atoms in total. The van der Waals surface area contributed by atoms with Crippen LogP contribution in [0.3, 0.4) is 0 Å².